The van der Waals surface area contributed by atoms with E-state index in [0.717, 1.165) is 12.1 Å². The van der Waals surface area contributed by atoms with Gasteiger partial charge < -0.3 is 19.1 Å². The lowest BCUT2D eigenvalue weighted by atomic mass is 10.1. The molecule has 2 aromatic carbocycles. The number of amides is 1. The zero-order chi connectivity index (χ0) is 17.3. The second-order valence-electron chi connectivity index (χ2n) is 5.76. The number of fused-ring (bicyclic) bond motifs is 1. The first-order valence-corrected chi connectivity index (χ1v) is 7.82. The number of hydrogen-bond acceptors (Lipinski definition) is 4. The second kappa shape index (κ2) is 6.43. The minimum atomic E-state index is -0.106. The Morgan fingerprint density at radius 2 is 1.62 bits per heavy atom. The minimum Gasteiger partial charge on any atom is -0.496 e. The van der Waals surface area contributed by atoms with Gasteiger partial charge in [-0.05, 0) is 25.0 Å². The zero-order valence-electron chi connectivity index (χ0n) is 14.3. The molecule has 5 heteroatoms. The highest BCUT2D eigenvalue weighted by Crippen LogP contribution is 2.38. The fourth-order valence-electron chi connectivity index (χ4n) is 3.20. The lowest BCUT2D eigenvalue weighted by Crippen LogP contribution is -2.36. The van der Waals surface area contributed by atoms with E-state index in [0.29, 0.717) is 22.8 Å². The number of hydrogen-bond donors (Lipinski definition) is 0. The molecule has 0 aliphatic carbocycles. The number of benzene rings is 2. The molecule has 0 saturated carbocycles. The quantitative estimate of drug-likeness (QED) is 0.864. The van der Waals surface area contributed by atoms with E-state index in [4.69, 9.17) is 14.2 Å². The monoisotopic (exact) mass is 327 g/mol. The van der Waals surface area contributed by atoms with Crippen molar-refractivity contribution in [1.29, 1.82) is 0 Å². The van der Waals surface area contributed by atoms with Crippen LogP contribution in [0.25, 0.3) is 0 Å². The second-order valence-corrected chi connectivity index (χ2v) is 5.76. The molecular formula is C19H21NO4. The Morgan fingerprint density at radius 3 is 2.29 bits per heavy atom. The van der Waals surface area contributed by atoms with Crippen molar-refractivity contribution in [3.8, 4) is 17.2 Å². The molecule has 0 saturated heterocycles. The third-order valence-electron chi connectivity index (χ3n) is 4.36. The van der Waals surface area contributed by atoms with Crippen molar-refractivity contribution >= 4 is 11.6 Å². The summed E-state index contributed by atoms with van der Waals surface area (Å²) in [5.74, 6) is 1.39. The Hall–Kier alpha value is -2.69. The van der Waals surface area contributed by atoms with Crippen molar-refractivity contribution in [2.75, 3.05) is 26.2 Å². The average Bonchev–Trinajstić information content (AvgIpc) is 2.95. The maximum absolute atomic E-state index is 13.2. The van der Waals surface area contributed by atoms with E-state index in [9.17, 15) is 4.79 Å². The van der Waals surface area contributed by atoms with Crippen LogP contribution in [-0.2, 0) is 6.42 Å². The molecule has 1 amide bonds. The topological polar surface area (TPSA) is 48.0 Å². The first-order chi connectivity index (χ1) is 11.6. The van der Waals surface area contributed by atoms with Gasteiger partial charge in [-0.1, -0.05) is 18.2 Å². The van der Waals surface area contributed by atoms with Crippen LogP contribution in [0.3, 0.4) is 0 Å². The summed E-state index contributed by atoms with van der Waals surface area (Å²) in [4.78, 5) is 15.0. The fraction of sp³-hybridized carbons (Fsp3) is 0.316. The van der Waals surface area contributed by atoms with E-state index < -0.39 is 0 Å². The van der Waals surface area contributed by atoms with Gasteiger partial charge in [0.15, 0.2) is 11.5 Å². The van der Waals surface area contributed by atoms with Crippen LogP contribution in [0.15, 0.2) is 36.4 Å². The van der Waals surface area contributed by atoms with E-state index in [-0.39, 0.29) is 11.9 Å². The number of ether oxygens (including phenoxy) is 3. The Labute approximate surface area is 141 Å². The number of para-hydroxylation sites is 1. The summed E-state index contributed by atoms with van der Waals surface area (Å²) in [7, 11) is 4.64. The van der Waals surface area contributed by atoms with E-state index in [2.05, 4.69) is 6.07 Å². The number of methoxy groups -OCH3 is 3. The summed E-state index contributed by atoms with van der Waals surface area (Å²) in [6.45, 7) is 2.05. The molecule has 0 fully saturated rings. The first kappa shape index (κ1) is 16.2. The van der Waals surface area contributed by atoms with Crippen molar-refractivity contribution in [2.24, 2.45) is 0 Å². The minimum absolute atomic E-state index is 0.0905. The van der Waals surface area contributed by atoms with Gasteiger partial charge in [-0.25, -0.2) is 0 Å². The maximum atomic E-state index is 13.2. The third-order valence-corrected chi connectivity index (χ3v) is 4.36. The molecule has 0 aromatic heterocycles. The van der Waals surface area contributed by atoms with Gasteiger partial charge in [0.05, 0.1) is 26.9 Å². The summed E-state index contributed by atoms with van der Waals surface area (Å²) in [6.07, 6.45) is 0.845. The van der Waals surface area contributed by atoms with Gasteiger partial charge in [-0.2, -0.15) is 0 Å². The molecule has 0 spiro atoms. The average molecular weight is 327 g/mol. The Morgan fingerprint density at radius 1 is 1.00 bits per heavy atom. The predicted molar refractivity (Wildman–Crippen MR) is 92.5 cm³/mol. The van der Waals surface area contributed by atoms with Gasteiger partial charge in [0.2, 0.25) is 0 Å². The van der Waals surface area contributed by atoms with Crippen molar-refractivity contribution in [3.63, 3.8) is 0 Å². The largest absolute Gasteiger partial charge is 0.496 e. The molecule has 1 aliphatic rings. The number of carbonyl (C=O) groups is 1. The molecule has 0 bridgehead atoms. The molecule has 0 radical (unpaired) electrons. The standard InChI is InChI=1S/C19H21NO4/c1-12-9-13-7-5-6-8-15(13)20(12)19(21)14-10-17(23-3)18(24-4)11-16(14)22-2/h5-8,10-12H,9H2,1-4H3/t12-/m0/s1. The Bertz CT molecular complexity index is 772. The Kier molecular flexibility index (Phi) is 4.34. The van der Waals surface area contributed by atoms with Gasteiger partial charge in [-0.3, -0.25) is 4.79 Å². The van der Waals surface area contributed by atoms with Crippen molar-refractivity contribution in [2.45, 2.75) is 19.4 Å². The van der Waals surface area contributed by atoms with Crippen LogP contribution >= 0.6 is 0 Å². The van der Waals surface area contributed by atoms with Gasteiger partial charge in [0, 0.05) is 23.9 Å². The van der Waals surface area contributed by atoms with Crippen molar-refractivity contribution < 1.29 is 19.0 Å². The van der Waals surface area contributed by atoms with Gasteiger partial charge in [0.25, 0.3) is 5.91 Å². The summed E-state index contributed by atoms with van der Waals surface area (Å²) in [5, 5.41) is 0. The van der Waals surface area contributed by atoms with Crippen LogP contribution in [0.5, 0.6) is 17.2 Å². The SMILES string of the molecule is COc1cc(OC)c(C(=O)N2c3ccccc3C[C@@H]2C)cc1OC. The van der Waals surface area contributed by atoms with Crippen LogP contribution in [-0.4, -0.2) is 33.3 Å². The normalized spacial score (nSPS) is 15.8. The highest BCUT2D eigenvalue weighted by Gasteiger charge is 2.33. The summed E-state index contributed by atoms with van der Waals surface area (Å²) >= 11 is 0. The number of anilines is 1. The molecule has 0 unspecified atom stereocenters. The molecule has 1 atom stereocenters. The van der Waals surface area contributed by atoms with Crippen LogP contribution in [0.4, 0.5) is 5.69 Å². The van der Waals surface area contributed by atoms with Crippen LogP contribution in [0.2, 0.25) is 0 Å². The summed E-state index contributed by atoms with van der Waals surface area (Å²) < 4.78 is 16.0. The lowest BCUT2D eigenvalue weighted by molar-refractivity contribution is 0.0978. The molecule has 24 heavy (non-hydrogen) atoms. The predicted octanol–water partition coefficient (Wildman–Crippen LogP) is 3.30. The van der Waals surface area contributed by atoms with Gasteiger partial charge in [-0.15, -0.1) is 0 Å². The molecule has 126 valence electrons. The molecule has 2 aromatic rings. The van der Waals surface area contributed by atoms with E-state index in [1.807, 2.05) is 30.0 Å². The van der Waals surface area contributed by atoms with E-state index in [1.54, 1.807) is 33.5 Å². The van der Waals surface area contributed by atoms with Crippen LogP contribution in [0, 0.1) is 0 Å². The molecule has 5 nitrogen and oxygen atoms in total. The molecule has 1 heterocycles. The molecule has 3 rings (SSSR count). The van der Waals surface area contributed by atoms with Gasteiger partial charge >= 0.3 is 0 Å². The van der Waals surface area contributed by atoms with Crippen LogP contribution in [0.1, 0.15) is 22.8 Å². The smallest absolute Gasteiger partial charge is 0.262 e. The molecule has 0 N–H and O–H groups in total. The van der Waals surface area contributed by atoms with E-state index in [1.165, 1.54) is 5.56 Å². The maximum Gasteiger partial charge on any atom is 0.262 e. The molecule has 1 aliphatic heterocycles. The highest BCUT2D eigenvalue weighted by molar-refractivity contribution is 6.09. The lowest BCUT2D eigenvalue weighted by Gasteiger charge is -2.24. The number of rotatable bonds is 4. The number of nitrogens with zero attached hydrogens (tertiary/aromatic N) is 1. The van der Waals surface area contributed by atoms with E-state index >= 15 is 0 Å². The highest BCUT2D eigenvalue weighted by atomic mass is 16.5. The van der Waals surface area contributed by atoms with Crippen molar-refractivity contribution in [1.82, 2.24) is 0 Å². The molecular weight excluding hydrogens is 306 g/mol. The van der Waals surface area contributed by atoms with Crippen molar-refractivity contribution in [3.05, 3.63) is 47.5 Å². The number of carbonyl (C=O) groups excluding carboxylic acids is 1. The summed E-state index contributed by atoms with van der Waals surface area (Å²) in [6, 6.07) is 11.4. The first-order valence-electron chi connectivity index (χ1n) is 7.82. The zero-order valence-corrected chi connectivity index (χ0v) is 14.3. The van der Waals surface area contributed by atoms with Gasteiger partial charge in [0.1, 0.15) is 5.75 Å². The van der Waals surface area contributed by atoms with Crippen LogP contribution < -0.4 is 19.1 Å². The summed E-state index contributed by atoms with van der Waals surface area (Å²) in [5.41, 5.74) is 2.59. The fourth-order valence-corrected chi connectivity index (χ4v) is 3.20. The third kappa shape index (κ3) is 2.56. The Balaban J connectivity index is 2.07.